The maximum atomic E-state index is 8.92. The first-order chi connectivity index (χ1) is 7.22. The Balaban J connectivity index is 3.24. The molecule has 0 fully saturated rings. The van der Waals surface area contributed by atoms with Crippen LogP contribution in [0.5, 0.6) is 0 Å². The molecule has 0 bridgehead atoms. The van der Waals surface area contributed by atoms with E-state index in [1.807, 2.05) is 13.0 Å². The summed E-state index contributed by atoms with van der Waals surface area (Å²) in [7, 11) is 0. The Bertz CT molecular complexity index is 430. The lowest BCUT2D eigenvalue weighted by Crippen LogP contribution is -2.10. The van der Waals surface area contributed by atoms with E-state index in [1.54, 1.807) is 25.4 Å². The van der Waals surface area contributed by atoms with Crippen LogP contribution in [0.4, 0.5) is 5.82 Å². The van der Waals surface area contributed by atoms with E-state index in [1.165, 1.54) is 5.12 Å². The quantitative estimate of drug-likeness (QED) is 0.552. The van der Waals surface area contributed by atoms with Gasteiger partial charge in [0.05, 0.1) is 5.56 Å². The molecule has 15 heavy (non-hydrogen) atoms. The maximum absolute atomic E-state index is 8.92. The first kappa shape index (κ1) is 10.9. The van der Waals surface area contributed by atoms with Gasteiger partial charge in [-0.15, -0.1) is 5.12 Å². The van der Waals surface area contributed by atoms with E-state index in [9.17, 15) is 0 Å². The minimum absolute atomic E-state index is 0.385. The molecule has 0 unspecified atom stereocenters. The van der Waals surface area contributed by atoms with Crippen molar-refractivity contribution in [2.24, 2.45) is 10.2 Å². The van der Waals surface area contributed by atoms with Crippen LogP contribution in [0.1, 0.15) is 18.1 Å². The fraction of sp³-hybridized carbons (Fsp3) is 0.200. The largest absolute Gasteiger partial charge is 0.234 e. The number of rotatable bonds is 3. The number of hydrogen-bond acceptors (Lipinski definition) is 5. The second-order valence-corrected chi connectivity index (χ2v) is 2.80. The smallest absolute Gasteiger partial charge is 0.192 e. The average molecular weight is 201 g/mol. The van der Waals surface area contributed by atoms with Crippen molar-refractivity contribution in [1.29, 1.82) is 5.26 Å². The molecule has 5 nitrogen and oxygen atoms in total. The highest BCUT2D eigenvalue weighted by molar-refractivity contribution is 5.60. The van der Waals surface area contributed by atoms with Crippen molar-refractivity contribution in [3.63, 3.8) is 0 Å². The average Bonchev–Trinajstić information content (AvgIpc) is 2.26. The van der Waals surface area contributed by atoms with Gasteiger partial charge in [0.1, 0.15) is 6.07 Å². The number of pyridine rings is 1. The van der Waals surface area contributed by atoms with Crippen molar-refractivity contribution in [1.82, 2.24) is 4.98 Å². The molecule has 0 aliphatic rings. The van der Waals surface area contributed by atoms with Gasteiger partial charge in [-0.2, -0.15) is 15.5 Å². The van der Waals surface area contributed by atoms with Gasteiger partial charge in [0.15, 0.2) is 5.82 Å². The Morgan fingerprint density at radius 1 is 1.67 bits per heavy atom. The lowest BCUT2D eigenvalue weighted by molar-refractivity contribution is 0.904. The molecule has 0 aliphatic heterocycles. The number of hydrazone groups is 2. The zero-order valence-electron chi connectivity index (χ0n) is 8.68. The highest BCUT2D eigenvalue weighted by atomic mass is 15.7. The Hall–Kier alpha value is -2.22. The van der Waals surface area contributed by atoms with E-state index in [0.717, 1.165) is 5.56 Å². The van der Waals surface area contributed by atoms with Crippen LogP contribution in [-0.4, -0.2) is 17.9 Å². The molecule has 1 aromatic rings. The van der Waals surface area contributed by atoms with E-state index in [2.05, 4.69) is 21.9 Å². The summed E-state index contributed by atoms with van der Waals surface area (Å²) in [5, 5.41) is 17.7. The molecule has 1 heterocycles. The van der Waals surface area contributed by atoms with Crippen molar-refractivity contribution in [2.75, 3.05) is 5.12 Å². The molecule has 1 aromatic heterocycles. The lowest BCUT2D eigenvalue weighted by atomic mass is 10.2. The zero-order chi connectivity index (χ0) is 11.3. The second kappa shape index (κ2) is 4.86. The van der Waals surface area contributed by atoms with Crippen LogP contribution in [0, 0.1) is 18.3 Å². The predicted octanol–water partition coefficient (Wildman–Crippen LogP) is 1.69. The molecule has 0 amide bonds. The van der Waals surface area contributed by atoms with Crippen LogP contribution in [0.15, 0.2) is 22.5 Å². The van der Waals surface area contributed by atoms with Crippen LogP contribution in [-0.2, 0) is 0 Å². The highest BCUT2D eigenvalue weighted by Crippen LogP contribution is 2.18. The zero-order valence-corrected chi connectivity index (χ0v) is 8.68. The summed E-state index contributed by atoms with van der Waals surface area (Å²) in [6.07, 6.45) is 3.21. The van der Waals surface area contributed by atoms with Crippen LogP contribution in [0.2, 0.25) is 0 Å². The summed E-state index contributed by atoms with van der Waals surface area (Å²) in [4.78, 5) is 4.09. The highest BCUT2D eigenvalue weighted by Gasteiger charge is 2.10. The minimum Gasteiger partial charge on any atom is -0.234 e. The number of anilines is 1. The normalized spacial score (nSPS) is 9.93. The van der Waals surface area contributed by atoms with Crippen LogP contribution < -0.4 is 5.12 Å². The summed E-state index contributed by atoms with van der Waals surface area (Å²) in [5.74, 6) is 0.385. The number of aromatic nitrogens is 1. The predicted molar refractivity (Wildman–Crippen MR) is 59.9 cm³/mol. The topological polar surface area (TPSA) is 64.6 Å². The standard InChI is InChI=1S/C10H11N5/c1-4-14-15(12-3)10-9(6-11)5-8(2)7-13-10/h4-5,7H,3H2,1-2H3/b14-4-. The van der Waals surface area contributed by atoms with Gasteiger partial charge in [-0.05, 0) is 25.5 Å². The molecule has 1 rings (SSSR count). The van der Waals surface area contributed by atoms with Crippen LogP contribution >= 0.6 is 0 Å². The van der Waals surface area contributed by atoms with Crippen molar-refractivity contribution in [3.05, 3.63) is 23.4 Å². The maximum Gasteiger partial charge on any atom is 0.192 e. The third-order valence-corrected chi connectivity index (χ3v) is 1.67. The summed E-state index contributed by atoms with van der Waals surface area (Å²) in [6, 6.07) is 3.77. The first-order valence-corrected chi connectivity index (χ1v) is 4.35. The molecule has 0 aliphatic carbocycles. The summed E-state index contributed by atoms with van der Waals surface area (Å²) in [5.41, 5.74) is 1.34. The van der Waals surface area contributed by atoms with Gasteiger partial charge in [-0.3, -0.25) is 0 Å². The van der Waals surface area contributed by atoms with Gasteiger partial charge in [-0.25, -0.2) is 4.98 Å². The van der Waals surface area contributed by atoms with E-state index < -0.39 is 0 Å². The molecule has 0 saturated heterocycles. The SMILES string of the molecule is C=NN(/N=C\C)c1ncc(C)cc1C#N. The van der Waals surface area contributed by atoms with E-state index in [4.69, 9.17) is 5.26 Å². The van der Waals surface area contributed by atoms with Crippen molar-refractivity contribution >= 4 is 18.7 Å². The number of hydrogen-bond donors (Lipinski definition) is 0. The van der Waals surface area contributed by atoms with Gasteiger partial charge >= 0.3 is 0 Å². The molecule has 0 atom stereocenters. The van der Waals surface area contributed by atoms with Gasteiger partial charge in [-0.1, -0.05) is 0 Å². The lowest BCUT2D eigenvalue weighted by Gasteiger charge is -2.11. The molecule has 5 heteroatoms. The Morgan fingerprint density at radius 3 is 2.93 bits per heavy atom. The Morgan fingerprint density at radius 2 is 2.40 bits per heavy atom. The summed E-state index contributed by atoms with van der Waals surface area (Å²) in [6.45, 7) is 6.98. The molecular weight excluding hydrogens is 190 g/mol. The minimum atomic E-state index is 0.385. The van der Waals surface area contributed by atoms with Crippen LogP contribution in [0.3, 0.4) is 0 Å². The summed E-state index contributed by atoms with van der Waals surface area (Å²) >= 11 is 0. The number of nitrogens with zero attached hydrogens (tertiary/aromatic N) is 5. The summed E-state index contributed by atoms with van der Waals surface area (Å²) < 4.78 is 0. The molecular formula is C10H11N5. The molecule has 76 valence electrons. The number of aryl methyl sites for hydroxylation is 1. The molecule has 0 spiro atoms. The fourth-order valence-electron chi connectivity index (χ4n) is 1.07. The Kier molecular flexibility index (Phi) is 3.52. The van der Waals surface area contributed by atoms with Crippen molar-refractivity contribution < 1.29 is 0 Å². The van der Waals surface area contributed by atoms with Gasteiger partial charge < -0.3 is 0 Å². The van der Waals surface area contributed by atoms with Crippen molar-refractivity contribution in [2.45, 2.75) is 13.8 Å². The monoisotopic (exact) mass is 201 g/mol. The Labute approximate surface area is 88.4 Å². The third kappa shape index (κ3) is 2.38. The van der Waals surface area contributed by atoms with Gasteiger partial charge in [0, 0.05) is 19.1 Å². The molecule has 0 saturated carbocycles. The molecule has 0 radical (unpaired) electrons. The molecule has 0 aromatic carbocycles. The van der Waals surface area contributed by atoms with Gasteiger partial charge in [0.2, 0.25) is 0 Å². The van der Waals surface area contributed by atoms with E-state index in [-0.39, 0.29) is 0 Å². The molecule has 0 N–H and O–H groups in total. The third-order valence-electron chi connectivity index (χ3n) is 1.67. The van der Waals surface area contributed by atoms with Gasteiger partial charge in [0.25, 0.3) is 0 Å². The first-order valence-electron chi connectivity index (χ1n) is 4.35. The van der Waals surface area contributed by atoms with E-state index >= 15 is 0 Å². The fourth-order valence-corrected chi connectivity index (χ4v) is 1.07. The van der Waals surface area contributed by atoms with Crippen LogP contribution in [0.25, 0.3) is 0 Å². The van der Waals surface area contributed by atoms with E-state index in [0.29, 0.717) is 11.4 Å². The number of nitriles is 1. The second-order valence-electron chi connectivity index (χ2n) is 2.80. The van der Waals surface area contributed by atoms with Crippen molar-refractivity contribution in [3.8, 4) is 6.07 Å².